The van der Waals surface area contributed by atoms with Crippen molar-refractivity contribution in [2.45, 2.75) is 47.6 Å². The second-order valence-corrected chi connectivity index (χ2v) is 7.20. The summed E-state index contributed by atoms with van der Waals surface area (Å²) < 4.78 is 0. The molecule has 2 heteroatoms. The van der Waals surface area contributed by atoms with E-state index in [1.807, 2.05) is 0 Å². The zero-order valence-corrected chi connectivity index (χ0v) is 15.2. The van der Waals surface area contributed by atoms with Crippen LogP contribution >= 0.6 is 0 Å². The van der Waals surface area contributed by atoms with E-state index in [9.17, 15) is 0 Å². The van der Waals surface area contributed by atoms with E-state index < -0.39 is 0 Å². The summed E-state index contributed by atoms with van der Waals surface area (Å²) in [5, 5.41) is 3.72. The molecule has 1 N–H and O–H groups in total. The monoisotopic (exact) mass is 308 g/mol. The minimum atomic E-state index is 0.413. The maximum Gasteiger partial charge on any atom is 0.0688 e. The Labute approximate surface area is 140 Å². The molecule has 1 heterocycles. The first-order chi connectivity index (χ1) is 10.9. The van der Waals surface area contributed by atoms with Gasteiger partial charge in [0.2, 0.25) is 0 Å². The lowest BCUT2D eigenvalue weighted by atomic mass is 9.94. The molecule has 0 spiro atoms. The molecular formula is C21H28N2. The molecule has 1 aliphatic heterocycles. The van der Waals surface area contributed by atoms with E-state index in [1.165, 1.54) is 44.6 Å². The molecule has 1 unspecified atom stereocenters. The summed E-state index contributed by atoms with van der Waals surface area (Å²) in [7, 11) is 0. The fraction of sp³-hybridized carbons (Fsp3) is 0.429. The number of aryl methyl sites for hydroxylation is 6. The van der Waals surface area contributed by atoms with Crippen LogP contribution in [0.3, 0.4) is 0 Å². The Kier molecular flexibility index (Phi) is 4.20. The van der Waals surface area contributed by atoms with Gasteiger partial charge in [-0.3, -0.25) is 5.32 Å². The summed E-state index contributed by atoms with van der Waals surface area (Å²) in [6.07, 6.45) is 0. The highest BCUT2D eigenvalue weighted by atomic mass is 15.3. The van der Waals surface area contributed by atoms with Gasteiger partial charge < -0.3 is 4.90 Å². The molecule has 1 aliphatic rings. The van der Waals surface area contributed by atoms with Crippen LogP contribution in [0, 0.1) is 41.5 Å². The van der Waals surface area contributed by atoms with Gasteiger partial charge >= 0.3 is 0 Å². The molecule has 0 bridgehead atoms. The van der Waals surface area contributed by atoms with Crippen molar-refractivity contribution in [2.75, 3.05) is 18.1 Å². The van der Waals surface area contributed by atoms with E-state index in [2.05, 4.69) is 76.0 Å². The van der Waals surface area contributed by atoms with Crippen molar-refractivity contribution in [3.8, 4) is 0 Å². The number of nitrogens with one attached hydrogen (secondary N) is 1. The number of rotatable bonds is 2. The summed E-state index contributed by atoms with van der Waals surface area (Å²) in [5.74, 6) is 0. The summed E-state index contributed by atoms with van der Waals surface area (Å²) in [4.78, 5) is 2.49. The molecule has 0 aliphatic carbocycles. The van der Waals surface area contributed by atoms with Gasteiger partial charge in [0.15, 0.2) is 0 Å². The van der Waals surface area contributed by atoms with Crippen LogP contribution in [-0.2, 0) is 0 Å². The quantitative estimate of drug-likeness (QED) is 0.869. The Morgan fingerprint density at radius 1 is 0.783 bits per heavy atom. The first-order valence-electron chi connectivity index (χ1n) is 8.50. The van der Waals surface area contributed by atoms with Gasteiger partial charge in [0.25, 0.3) is 0 Å². The first kappa shape index (κ1) is 16.1. The van der Waals surface area contributed by atoms with Crippen LogP contribution in [0.4, 0.5) is 5.69 Å². The maximum absolute atomic E-state index is 3.72. The Bertz CT molecular complexity index is 636. The van der Waals surface area contributed by atoms with Crippen LogP contribution < -0.4 is 10.2 Å². The second kappa shape index (κ2) is 6.01. The number of benzene rings is 2. The standard InChI is InChI=1S/C21H28N2/c1-13-7-15(3)20(16(4)8-13)19-11-23(12-22-19)21-17(5)9-14(2)10-18(21)6/h7-10,19,22H,11-12H2,1-6H3. The van der Waals surface area contributed by atoms with Crippen LogP contribution in [0.2, 0.25) is 0 Å². The lowest BCUT2D eigenvalue weighted by Crippen LogP contribution is -2.22. The molecule has 0 aromatic heterocycles. The van der Waals surface area contributed by atoms with Crippen LogP contribution in [0.25, 0.3) is 0 Å². The highest BCUT2D eigenvalue weighted by Crippen LogP contribution is 2.32. The summed E-state index contributed by atoms with van der Waals surface area (Å²) in [5.41, 5.74) is 11.1. The van der Waals surface area contributed by atoms with E-state index in [4.69, 9.17) is 0 Å². The van der Waals surface area contributed by atoms with Crippen LogP contribution in [0.15, 0.2) is 24.3 Å². The number of nitrogens with zero attached hydrogens (tertiary/aromatic N) is 1. The maximum atomic E-state index is 3.72. The fourth-order valence-corrected chi connectivity index (χ4v) is 4.35. The van der Waals surface area contributed by atoms with Crippen LogP contribution in [0.1, 0.15) is 45.0 Å². The van der Waals surface area contributed by atoms with E-state index in [0.29, 0.717) is 6.04 Å². The van der Waals surface area contributed by atoms with Gasteiger partial charge in [-0.1, -0.05) is 35.4 Å². The van der Waals surface area contributed by atoms with Gasteiger partial charge in [-0.25, -0.2) is 0 Å². The highest BCUT2D eigenvalue weighted by Gasteiger charge is 2.27. The number of hydrogen-bond donors (Lipinski definition) is 1. The zero-order valence-electron chi connectivity index (χ0n) is 15.2. The van der Waals surface area contributed by atoms with Gasteiger partial charge in [-0.2, -0.15) is 0 Å². The molecule has 0 amide bonds. The van der Waals surface area contributed by atoms with Crippen molar-refractivity contribution >= 4 is 5.69 Å². The molecule has 0 saturated carbocycles. The van der Waals surface area contributed by atoms with Crippen molar-refractivity contribution in [1.29, 1.82) is 0 Å². The topological polar surface area (TPSA) is 15.3 Å². The van der Waals surface area contributed by atoms with Gasteiger partial charge in [0, 0.05) is 12.2 Å². The van der Waals surface area contributed by atoms with Gasteiger partial charge in [0.05, 0.1) is 12.7 Å². The molecule has 122 valence electrons. The molecule has 1 atom stereocenters. The van der Waals surface area contributed by atoms with Crippen LogP contribution in [-0.4, -0.2) is 13.2 Å². The third-order valence-electron chi connectivity index (χ3n) is 4.97. The third-order valence-corrected chi connectivity index (χ3v) is 4.97. The smallest absolute Gasteiger partial charge is 0.0688 e. The Balaban J connectivity index is 1.91. The molecule has 2 aromatic rings. The van der Waals surface area contributed by atoms with Gasteiger partial charge in [-0.15, -0.1) is 0 Å². The predicted octanol–water partition coefficient (Wildman–Crippen LogP) is 4.65. The zero-order chi connectivity index (χ0) is 16.7. The Hall–Kier alpha value is -1.80. The predicted molar refractivity (Wildman–Crippen MR) is 99.4 cm³/mol. The molecule has 3 rings (SSSR count). The van der Waals surface area contributed by atoms with Gasteiger partial charge in [0.1, 0.15) is 0 Å². The van der Waals surface area contributed by atoms with E-state index in [-0.39, 0.29) is 0 Å². The Morgan fingerprint density at radius 2 is 1.26 bits per heavy atom. The van der Waals surface area contributed by atoms with Gasteiger partial charge in [-0.05, 0) is 69.4 Å². The minimum absolute atomic E-state index is 0.413. The molecule has 1 fully saturated rings. The lowest BCUT2D eigenvalue weighted by Gasteiger charge is -2.23. The SMILES string of the molecule is Cc1cc(C)c(C2CN(c3c(C)cc(C)cc3C)CN2)c(C)c1. The molecule has 0 radical (unpaired) electrons. The Morgan fingerprint density at radius 3 is 1.78 bits per heavy atom. The third kappa shape index (κ3) is 3.00. The fourth-order valence-electron chi connectivity index (χ4n) is 4.35. The van der Waals surface area contributed by atoms with Crippen molar-refractivity contribution < 1.29 is 0 Å². The van der Waals surface area contributed by atoms with Crippen molar-refractivity contribution in [3.63, 3.8) is 0 Å². The average molecular weight is 308 g/mol. The summed E-state index contributed by atoms with van der Waals surface area (Å²) in [6.45, 7) is 15.2. The highest BCUT2D eigenvalue weighted by molar-refractivity contribution is 5.61. The van der Waals surface area contributed by atoms with E-state index in [0.717, 1.165) is 13.2 Å². The lowest BCUT2D eigenvalue weighted by molar-refractivity contribution is 0.668. The minimum Gasteiger partial charge on any atom is -0.356 e. The van der Waals surface area contributed by atoms with Crippen molar-refractivity contribution in [3.05, 3.63) is 63.2 Å². The summed E-state index contributed by atoms with van der Waals surface area (Å²) in [6, 6.07) is 9.59. The van der Waals surface area contributed by atoms with Crippen molar-refractivity contribution in [2.24, 2.45) is 0 Å². The van der Waals surface area contributed by atoms with E-state index in [1.54, 1.807) is 0 Å². The number of hydrogen-bond acceptors (Lipinski definition) is 2. The molecule has 23 heavy (non-hydrogen) atoms. The van der Waals surface area contributed by atoms with E-state index >= 15 is 0 Å². The second-order valence-electron chi connectivity index (χ2n) is 7.20. The molecule has 2 aromatic carbocycles. The normalized spacial score (nSPS) is 17.8. The largest absolute Gasteiger partial charge is 0.356 e. The molecule has 1 saturated heterocycles. The van der Waals surface area contributed by atoms with Crippen LogP contribution in [0.5, 0.6) is 0 Å². The molecular weight excluding hydrogens is 280 g/mol. The number of anilines is 1. The average Bonchev–Trinajstić information content (AvgIpc) is 2.85. The summed E-state index contributed by atoms with van der Waals surface area (Å²) >= 11 is 0. The first-order valence-corrected chi connectivity index (χ1v) is 8.50. The van der Waals surface area contributed by atoms with Crippen molar-refractivity contribution in [1.82, 2.24) is 5.32 Å². The molecule has 2 nitrogen and oxygen atoms in total.